The summed E-state index contributed by atoms with van der Waals surface area (Å²) in [5, 5.41) is 3.83. The van der Waals surface area contributed by atoms with Crippen LogP contribution in [0.4, 0.5) is 5.69 Å². The molecule has 3 rings (SSSR count). The van der Waals surface area contributed by atoms with Crippen LogP contribution in [0.25, 0.3) is 0 Å². The Labute approximate surface area is 240 Å². The molecule has 0 unspecified atom stereocenters. The van der Waals surface area contributed by atoms with Crippen LogP contribution in [0.15, 0.2) is 78.9 Å². The van der Waals surface area contributed by atoms with Crippen molar-refractivity contribution in [2.45, 2.75) is 38.8 Å². The lowest BCUT2D eigenvalue weighted by Gasteiger charge is -2.33. The van der Waals surface area contributed by atoms with E-state index in [-0.39, 0.29) is 24.6 Å². The van der Waals surface area contributed by atoms with Gasteiger partial charge in [0.25, 0.3) is 0 Å². The van der Waals surface area contributed by atoms with Crippen molar-refractivity contribution in [3.8, 4) is 0 Å². The summed E-state index contributed by atoms with van der Waals surface area (Å²) in [5.74, 6) is -0.829. The molecule has 0 radical (unpaired) electrons. The molecule has 0 aliphatic rings. The van der Waals surface area contributed by atoms with E-state index in [1.165, 1.54) is 11.0 Å². The number of unbranched alkanes of at least 4 members (excludes halogenated alkanes) is 1. The molecule has 3 aromatic carbocycles. The number of anilines is 1. The smallest absolute Gasteiger partial charge is 0.244 e. The summed E-state index contributed by atoms with van der Waals surface area (Å²) in [4.78, 5) is 29.0. The molecule has 2 amide bonds. The van der Waals surface area contributed by atoms with Crippen LogP contribution in [0.3, 0.4) is 0 Å². The fourth-order valence-corrected chi connectivity index (χ4v) is 5.24. The second-order valence-electron chi connectivity index (χ2n) is 9.25. The van der Waals surface area contributed by atoms with Gasteiger partial charge in [0.2, 0.25) is 21.8 Å². The maximum atomic E-state index is 14.0. The molecule has 0 heterocycles. The fraction of sp³-hybridized carbons (Fsp3) is 0.310. The molecule has 208 valence electrons. The molecule has 0 aromatic heterocycles. The van der Waals surface area contributed by atoms with E-state index in [2.05, 4.69) is 5.32 Å². The molecule has 1 N–H and O–H groups in total. The lowest BCUT2D eigenvalue weighted by molar-refractivity contribution is -0.140. The zero-order valence-corrected chi connectivity index (χ0v) is 24.3. The van der Waals surface area contributed by atoms with Gasteiger partial charge >= 0.3 is 0 Å². The van der Waals surface area contributed by atoms with Crippen LogP contribution in [0.5, 0.6) is 0 Å². The van der Waals surface area contributed by atoms with Crippen LogP contribution in [0.2, 0.25) is 10.0 Å². The minimum atomic E-state index is -3.85. The molecule has 0 saturated carbocycles. The highest BCUT2D eigenvalue weighted by molar-refractivity contribution is 7.92. The van der Waals surface area contributed by atoms with Gasteiger partial charge in [-0.15, -0.1) is 0 Å². The third-order valence-corrected chi connectivity index (χ3v) is 7.77. The van der Waals surface area contributed by atoms with E-state index in [0.29, 0.717) is 16.6 Å². The maximum Gasteiger partial charge on any atom is 0.244 e. The monoisotopic (exact) mass is 589 g/mol. The summed E-state index contributed by atoms with van der Waals surface area (Å²) in [7, 11) is -3.85. The number of hydrogen-bond acceptors (Lipinski definition) is 4. The molecule has 39 heavy (non-hydrogen) atoms. The van der Waals surface area contributed by atoms with Gasteiger partial charge in [0.15, 0.2) is 0 Å². The lowest BCUT2D eigenvalue weighted by Crippen LogP contribution is -2.53. The van der Waals surface area contributed by atoms with Crippen molar-refractivity contribution in [2.75, 3.05) is 23.7 Å². The second kappa shape index (κ2) is 14.4. The first-order valence-electron chi connectivity index (χ1n) is 12.7. The number of sulfonamides is 1. The summed E-state index contributed by atoms with van der Waals surface area (Å²) in [6.07, 6.45) is 2.99. The number of amides is 2. The first kappa shape index (κ1) is 30.5. The third kappa shape index (κ3) is 9.27. The van der Waals surface area contributed by atoms with Gasteiger partial charge in [0.1, 0.15) is 12.6 Å². The summed E-state index contributed by atoms with van der Waals surface area (Å²) in [5.41, 5.74) is 1.88. The Kier molecular flexibility index (Phi) is 11.2. The molecule has 0 aliphatic heterocycles. The number of rotatable bonds is 13. The van der Waals surface area contributed by atoms with Crippen LogP contribution in [-0.4, -0.2) is 50.5 Å². The van der Waals surface area contributed by atoms with Gasteiger partial charge in [-0.3, -0.25) is 13.9 Å². The lowest BCUT2D eigenvalue weighted by atomic mass is 10.0. The van der Waals surface area contributed by atoms with Crippen molar-refractivity contribution in [3.05, 3.63) is 100 Å². The van der Waals surface area contributed by atoms with E-state index < -0.39 is 28.5 Å². The second-order valence-corrected chi connectivity index (χ2v) is 12.0. The SMILES string of the molecule is CCCCNC(=O)[C@H](Cc1ccccc1)N(Cc1ccc(Cl)cc1)C(=O)CN(c1cccc(Cl)c1)S(C)(=O)=O. The van der Waals surface area contributed by atoms with E-state index in [0.717, 1.165) is 34.5 Å². The number of carbonyl (C=O) groups is 2. The Morgan fingerprint density at radius 3 is 2.21 bits per heavy atom. The topological polar surface area (TPSA) is 86.8 Å². The Balaban J connectivity index is 2.02. The van der Waals surface area contributed by atoms with Gasteiger partial charge < -0.3 is 10.2 Å². The summed E-state index contributed by atoms with van der Waals surface area (Å²) >= 11 is 12.2. The predicted octanol–water partition coefficient (Wildman–Crippen LogP) is 5.32. The van der Waals surface area contributed by atoms with Gasteiger partial charge in [0, 0.05) is 29.6 Å². The van der Waals surface area contributed by atoms with Crippen molar-refractivity contribution < 1.29 is 18.0 Å². The normalized spacial score (nSPS) is 12.0. The Morgan fingerprint density at radius 1 is 0.897 bits per heavy atom. The molecule has 0 spiro atoms. The van der Waals surface area contributed by atoms with Crippen molar-refractivity contribution in [3.63, 3.8) is 0 Å². The molecule has 3 aromatic rings. The van der Waals surface area contributed by atoms with Crippen LogP contribution in [0.1, 0.15) is 30.9 Å². The van der Waals surface area contributed by atoms with Crippen molar-refractivity contribution in [1.82, 2.24) is 10.2 Å². The third-order valence-electron chi connectivity index (χ3n) is 6.14. The summed E-state index contributed by atoms with van der Waals surface area (Å²) < 4.78 is 26.6. The van der Waals surface area contributed by atoms with Crippen molar-refractivity contribution in [2.24, 2.45) is 0 Å². The number of halogens is 2. The van der Waals surface area contributed by atoms with Crippen LogP contribution in [-0.2, 0) is 32.6 Å². The standard InChI is InChI=1S/C29H33Cl2N3O4S/c1-3-4-17-32-29(36)27(18-22-9-6-5-7-10-22)33(20-23-13-15-24(30)16-14-23)28(35)21-34(39(2,37)38)26-12-8-11-25(31)19-26/h5-16,19,27H,3-4,17-18,20-21H2,1-2H3,(H,32,36)/t27-/m0/s1. The maximum absolute atomic E-state index is 14.0. The van der Waals surface area contributed by atoms with E-state index in [1.54, 1.807) is 42.5 Å². The minimum absolute atomic E-state index is 0.0852. The van der Waals surface area contributed by atoms with Crippen LogP contribution >= 0.6 is 23.2 Å². The van der Waals surface area contributed by atoms with Gasteiger partial charge in [-0.2, -0.15) is 0 Å². The molecule has 0 aliphatic carbocycles. The fourth-order valence-electron chi connectivity index (χ4n) is 4.09. The largest absolute Gasteiger partial charge is 0.354 e. The van der Waals surface area contributed by atoms with E-state index in [1.807, 2.05) is 37.3 Å². The quantitative estimate of drug-likeness (QED) is 0.273. The molecule has 7 nitrogen and oxygen atoms in total. The molecule has 0 saturated heterocycles. The number of benzene rings is 3. The Morgan fingerprint density at radius 2 is 1.59 bits per heavy atom. The van der Waals surface area contributed by atoms with Crippen LogP contribution < -0.4 is 9.62 Å². The summed E-state index contributed by atoms with van der Waals surface area (Å²) in [6.45, 7) is 2.09. The zero-order valence-electron chi connectivity index (χ0n) is 22.0. The van der Waals surface area contributed by atoms with E-state index >= 15 is 0 Å². The summed E-state index contributed by atoms with van der Waals surface area (Å²) in [6, 6.07) is 21.8. The predicted molar refractivity (Wildman–Crippen MR) is 157 cm³/mol. The molecular weight excluding hydrogens is 557 g/mol. The van der Waals surface area contributed by atoms with Gasteiger partial charge in [0.05, 0.1) is 11.9 Å². The zero-order chi connectivity index (χ0) is 28.4. The number of carbonyl (C=O) groups excluding carboxylic acids is 2. The highest BCUT2D eigenvalue weighted by Crippen LogP contribution is 2.23. The van der Waals surface area contributed by atoms with E-state index in [4.69, 9.17) is 23.2 Å². The average molecular weight is 591 g/mol. The van der Waals surface area contributed by atoms with Crippen LogP contribution in [0, 0.1) is 0 Å². The number of hydrogen-bond donors (Lipinski definition) is 1. The van der Waals surface area contributed by atoms with Gasteiger partial charge in [-0.25, -0.2) is 8.42 Å². The highest BCUT2D eigenvalue weighted by atomic mass is 35.5. The molecule has 1 atom stereocenters. The van der Waals surface area contributed by atoms with E-state index in [9.17, 15) is 18.0 Å². The molecular formula is C29H33Cl2N3O4S. The van der Waals surface area contributed by atoms with Crippen molar-refractivity contribution in [1.29, 1.82) is 0 Å². The average Bonchev–Trinajstić information content (AvgIpc) is 2.90. The first-order chi connectivity index (χ1) is 18.6. The Bertz CT molecular complexity index is 1350. The number of nitrogens with zero attached hydrogens (tertiary/aromatic N) is 2. The van der Waals surface area contributed by atoms with Gasteiger partial charge in [-0.05, 0) is 47.9 Å². The minimum Gasteiger partial charge on any atom is -0.354 e. The van der Waals surface area contributed by atoms with Gasteiger partial charge in [-0.1, -0.05) is 85.1 Å². The number of nitrogens with one attached hydrogen (secondary N) is 1. The molecule has 0 bridgehead atoms. The van der Waals surface area contributed by atoms with Crippen molar-refractivity contribution >= 4 is 50.7 Å². The molecule has 0 fully saturated rings. The molecule has 10 heteroatoms. The first-order valence-corrected chi connectivity index (χ1v) is 15.3. The highest BCUT2D eigenvalue weighted by Gasteiger charge is 2.33. The Hall–Kier alpha value is -3.07.